The van der Waals surface area contributed by atoms with E-state index in [2.05, 4.69) is 9.82 Å². The maximum absolute atomic E-state index is 12.8. The Bertz CT molecular complexity index is 635. The molecule has 2 aliphatic rings. The zero-order valence-electron chi connectivity index (χ0n) is 14.0. The lowest BCUT2D eigenvalue weighted by Gasteiger charge is -2.30. The van der Waals surface area contributed by atoms with E-state index >= 15 is 0 Å². The van der Waals surface area contributed by atoms with Crippen LogP contribution in [-0.2, 0) is 14.8 Å². The standard InChI is InChI=1S/C16H27N3O3S/c1-12-14(11-17-19(12)13-7-3-4-8-13)18-23(20,21)16-10-6-5-9-15(16)22-2/h11,13,15-16,18H,3-10H2,1-2H3/t15-,16+/m0/s1. The van der Waals surface area contributed by atoms with Gasteiger partial charge in [0.15, 0.2) is 0 Å². The fraction of sp³-hybridized carbons (Fsp3) is 0.812. The number of hydrogen-bond donors (Lipinski definition) is 1. The summed E-state index contributed by atoms with van der Waals surface area (Å²) in [5.41, 5.74) is 1.52. The van der Waals surface area contributed by atoms with Crippen LogP contribution < -0.4 is 4.72 Å². The van der Waals surface area contributed by atoms with Gasteiger partial charge in [-0.3, -0.25) is 9.40 Å². The van der Waals surface area contributed by atoms with Crippen LogP contribution in [0.3, 0.4) is 0 Å². The second kappa shape index (κ2) is 6.81. The van der Waals surface area contributed by atoms with Crippen molar-refractivity contribution in [2.75, 3.05) is 11.8 Å². The number of nitrogens with zero attached hydrogens (tertiary/aromatic N) is 2. The molecule has 3 rings (SSSR count). The molecule has 6 nitrogen and oxygen atoms in total. The summed E-state index contributed by atoms with van der Waals surface area (Å²) in [6, 6.07) is 0.412. The van der Waals surface area contributed by atoms with Crippen LogP contribution in [0.4, 0.5) is 5.69 Å². The number of nitrogens with one attached hydrogen (secondary N) is 1. The zero-order chi connectivity index (χ0) is 16.4. The normalized spacial score (nSPS) is 26.5. The van der Waals surface area contributed by atoms with Crippen molar-refractivity contribution >= 4 is 15.7 Å². The number of aromatic nitrogens is 2. The number of methoxy groups -OCH3 is 1. The minimum Gasteiger partial charge on any atom is -0.380 e. The van der Waals surface area contributed by atoms with Crippen molar-refractivity contribution < 1.29 is 13.2 Å². The van der Waals surface area contributed by atoms with Crippen LogP contribution in [0.1, 0.15) is 63.1 Å². The molecule has 2 fully saturated rings. The van der Waals surface area contributed by atoms with E-state index in [-0.39, 0.29) is 6.10 Å². The lowest BCUT2D eigenvalue weighted by Crippen LogP contribution is -2.41. The maximum atomic E-state index is 12.8. The van der Waals surface area contributed by atoms with Crippen molar-refractivity contribution in [1.82, 2.24) is 9.78 Å². The quantitative estimate of drug-likeness (QED) is 0.893. The van der Waals surface area contributed by atoms with Crippen LogP contribution in [0.2, 0.25) is 0 Å². The van der Waals surface area contributed by atoms with E-state index < -0.39 is 15.3 Å². The van der Waals surface area contributed by atoms with Crippen molar-refractivity contribution in [2.45, 2.75) is 75.7 Å². The molecule has 23 heavy (non-hydrogen) atoms. The summed E-state index contributed by atoms with van der Waals surface area (Å²) in [5, 5.41) is 3.95. The number of hydrogen-bond acceptors (Lipinski definition) is 4. The first-order valence-electron chi connectivity index (χ1n) is 8.61. The van der Waals surface area contributed by atoms with Gasteiger partial charge in [0.1, 0.15) is 5.25 Å². The fourth-order valence-electron chi connectivity index (χ4n) is 3.96. The highest BCUT2D eigenvalue weighted by atomic mass is 32.2. The molecule has 1 N–H and O–H groups in total. The van der Waals surface area contributed by atoms with Crippen LogP contribution in [0, 0.1) is 6.92 Å². The lowest BCUT2D eigenvalue weighted by atomic mass is 9.97. The molecule has 0 amide bonds. The molecule has 2 atom stereocenters. The van der Waals surface area contributed by atoms with Crippen LogP contribution in [0.25, 0.3) is 0 Å². The van der Waals surface area contributed by atoms with Gasteiger partial charge in [-0.05, 0) is 32.6 Å². The van der Waals surface area contributed by atoms with Gasteiger partial charge in [-0.1, -0.05) is 25.7 Å². The average molecular weight is 341 g/mol. The first kappa shape index (κ1) is 16.8. The Morgan fingerprint density at radius 3 is 2.52 bits per heavy atom. The number of sulfonamides is 1. The van der Waals surface area contributed by atoms with Crippen molar-refractivity contribution in [3.05, 3.63) is 11.9 Å². The van der Waals surface area contributed by atoms with E-state index in [0.29, 0.717) is 18.2 Å². The summed E-state index contributed by atoms with van der Waals surface area (Å²) in [6.07, 6.45) is 9.57. The summed E-state index contributed by atoms with van der Waals surface area (Å²) in [5.74, 6) is 0. The van der Waals surface area contributed by atoms with E-state index in [0.717, 1.165) is 37.8 Å². The second-order valence-electron chi connectivity index (χ2n) is 6.77. The van der Waals surface area contributed by atoms with Gasteiger partial charge in [0.25, 0.3) is 0 Å². The third kappa shape index (κ3) is 3.40. The zero-order valence-corrected chi connectivity index (χ0v) is 14.8. The summed E-state index contributed by atoms with van der Waals surface area (Å²) >= 11 is 0. The van der Waals surface area contributed by atoms with Gasteiger partial charge in [0, 0.05) is 7.11 Å². The minimum absolute atomic E-state index is 0.216. The third-order valence-corrected chi connectivity index (χ3v) is 7.15. The number of anilines is 1. The van der Waals surface area contributed by atoms with E-state index in [1.165, 1.54) is 12.8 Å². The predicted molar refractivity (Wildman–Crippen MR) is 90.1 cm³/mol. The third-order valence-electron chi connectivity index (χ3n) is 5.31. The molecule has 0 unspecified atom stereocenters. The molecule has 0 saturated heterocycles. The molecule has 1 aromatic heterocycles. The number of rotatable bonds is 5. The Morgan fingerprint density at radius 2 is 1.83 bits per heavy atom. The highest BCUT2D eigenvalue weighted by Crippen LogP contribution is 2.33. The van der Waals surface area contributed by atoms with Gasteiger partial charge < -0.3 is 4.74 Å². The van der Waals surface area contributed by atoms with E-state index in [1.807, 2.05) is 11.6 Å². The molecule has 2 aliphatic carbocycles. The van der Waals surface area contributed by atoms with Crippen molar-refractivity contribution in [2.24, 2.45) is 0 Å². The molecule has 0 aliphatic heterocycles. The van der Waals surface area contributed by atoms with Gasteiger partial charge in [0.05, 0.1) is 29.7 Å². The van der Waals surface area contributed by atoms with Gasteiger partial charge in [-0.25, -0.2) is 8.42 Å². The van der Waals surface area contributed by atoms with Crippen LogP contribution in [0.5, 0.6) is 0 Å². The first-order valence-corrected chi connectivity index (χ1v) is 10.2. The average Bonchev–Trinajstić information content (AvgIpc) is 3.18. The lowest BCUT2D eigenvalue weighted by molar-refractivity contribution is 0.0739. The molecular formula is C16H27N3O3S. The highest BCUT2D eigenvalue weighted by molar-refractivity contribution is 7.93. The van der Waals surface area contributed by atoms with Crippen molar-refractivity contribution in [3.8, 4) is 0 Å². The Labute approximate surface area is 138 Å². The molecule has 1 heterocycles. The van der Waals surface area contributed by atoms with Crippen LogP contribution in [-0.4, -0.2) is 36.7 Å². The molecule has 1 aromatic rings. The smallest absolute Gasteiger partial charge is 0.238 e. The van der Waals surface area contributed by atoms with Gasteiger partial charge in [-0.2, -0.15) is 5.10 Å². The van der Waals surface area contributed by atoms with Gasteiger partial charge in [0.2, 0.25) is 10.0 Å². The van der Waals surface area contributed by atoms with Gasteiger partial charge >= 0.3 is 0 Å². The summed E-state index contributed by atoms with van der Waals surface area (Å²) < 4.78 is 35.7. The first-order chi connectivity index (χ1) is 11.0. The SMILES string of the molecule is CO[C@H]1CCCC[C@H]1S(=O)(=O)Nc1cnn(C2CCCC2)c1C. The van der Waals surface area contributed by atoms with E-state index in [1.54, 1.807) is 13.3 Å². The van der Waals surface area contributed by atoms with E-state index in [4.69, 9.17) is 4.74 Å². The van der Waals surface area contributed by atoms with Crippen LogP contribution in [0.15, 0.2) is 6.20 Å². The summed E-state index contributed by atoms with van der Waals surface area (Å²) in [4.78, 5) is 0. The molecule has 7 heteroatoms. The molecule has 0 aromatic carbocycles. The second-order valence-corrected chi connectivity index (χ2v) is 8.67. The Balaban J connectivity index is 1.77. The highest BCUT2D eigenvalue weighted by Gasteiger charge is 2.36. The van der Waals surface area contributed by atoms with E-state index in [9.17, 15) is 8.42 Å². The molecule has 0 spiro atoms. The molecule has 0 bridgehead atoms. The minimum atomic E-state index is -3.46. The Morgan fingerprint density at radius 1 is 1.17 bits per heavy atom. The van der Waals surface area contributed by atoms with Crippen molar-refractivity contribution in [1.29, 1.82) is 0 Å². The fourth-order valence-corrected chi connectivity index (χ4v) is 5.74. The van der Waals surface area contributed by atoms with Gasteiger partial charge in [-0.15, -0.1) is 0 Å². The predicted octanol–water partition coefficient (Wildman–Crippen LogP) is 3.01. The summed E-state index contributed by atoms with van der Waals surface area (Å²) in [7, 11) is -1.86. The molecule has 2 saturated carbocycles. The number of ether oxygens (including phenoxy) is 1. The monoisotopic (exact) mass is 341 g/mol. The Hall–Kier alpha value is -1.08. The molecule has 0 radical (unpaired) electrons. The van der Waals surface area contributed by atoms with Crippen LogP contribution >= 0.6 is 0 Å². The molecule has 130 valence electrons. The molecular weight excluding hydrogens is 314 g/mol. The summed E-state index contributed by atoms with van der Waals surface area (Å²) in [6.45, 7) is 1.94. The maximum Gasteiger partial charge on any atom is 0.238 e. The topological polar surface area (TPSA) is 73.2 Å². The van der Waals surface area contributed by atoms with Crippen molar-refractivity contribution in [3.63, 3.8) is 0 Å². The largest absolute Gasteiger partial charge is 0.380 e. The Kier molecular flexibility index (Phi) is 4.96.